The normalized spacial score (nSPS) is 12.9. The summed E-state index contributed by atoms with van der Waals surface area (Å²) in [5, 5.41) is 5.77. The second kappa shape index (κ2) is 6.40. The molecular weight excluding hydrogens is 292 g/mol. The quantitative estimate of drug-likeness (QED) is 0.909. The van der Waals surface area contributed by atoms with E-state index in [9.17, 15) is 9.59 Å². The van der Waals surface area contributed by atoms with E-state index in [-0.39, 0.29) is 34.9 Å². The van der Waals surface area contributed by atoms with Gasteiger partial charge in [0, 0.05) is 17.8 Å². The molecule has 2 aromatic rings. The molecule has 2 N–H and O–H groups in total. The summed E-state index contributed by atoms with van der Waals surface area (Å²) in [6.07, 6.45) is 2.56. The van der Waals surface area contributed by atoms with Crippen LogP contribution in [0.1, 0.15) is 62.1 Å². The molecule has 0 aliphatic heterocycles. The first-order valence-electron chi connectivity index (χ1n) is 7.83. The Balaban J connectivity index is 2.44. The molecule has 0 spiro atoms. The van der Waals surface area contributed by atoms with E-state index < -0.39 is 0 Å². The zero-order valence-electron chi connectivity index (χ0n) is 14.3. The van der Waals surface area contributed by atoms with E-state index in [1.54, 1.807) is 22.7 Å². The molecule has 6 nitrogen and oxygen atoms in total. The smallest absolute Gasteiger partial charge is 0.288 e. The maximum absolute atomic E-state index is 12.5. The molecule has 124 valence electrons. The first kappa shape index (κ1) is 17.0. The molecule has 1 atom stereocenters. The number of hydrogen-bond acceptors (Lipinski definition) is 3. The van der Waals surface area contributed by atoms with Crippen molar-refractivity contribution in [2.75, 3.05) is 0 Å². The maximum Gasteiger partial charge on any atom is 0.288 e. The van der Waals surface area contributed by atoms with Crippen LogP contribution < -0.4 is 10.6 Å². The first-order chi connectivity index (χ1) is 10.7. The minimum Gasteiger partial charge on any atom is -0.348 e. The van der Waals surface area contributed by atoms with E-state index in [0.717, 1.165) is 6.42 Å². The molecule has 2 heterocycles. The monoisotopic (exact) mass is 316 g/mol. The standard InChI is InChI=1S/C17H24N4O2/c1-6-11(2)18-15(22)13-12-9-7-8-10-21(12)14(19-13)16(23)20-17(3,4)5/h7-11H,6H2,1-5H3,(H,18,22)(H,20,23). The third kappa shape index (κ3) is 3.88. The Morgan fingerprint density at radius 2 is 1.96 bits per heavy atom. The lowest BCUT2D eigenvalue weighted by Gasteiger charge is -2.19. The van der Waals surface area contributed by atoms with Crippen molar-refractivity contribution in [3.63, 3.8) is 0 Å². The molecular formula is C17H24N4O2. The summed E-state index contributed by atoms with van der Waals surface area (Å²) in [6, 6.07) is 5.46. The summed E-state index contributed by atoms with van der Waals surface area (Å²) in [5.41, 5.74) is 0.508. The average Bonchev–Trinajstić information content (AvgIpc) is 2.85. The molecule has 1 unspecified atom stereocenters. The molecule has 0 aromatic carbocycles. The molecule has 6 heteroatoms. The molecule has 0 saturated carbocycles. The number of aromatic nitrogens is 2. The number of nitrogens with zero attached hydrogens (tertiary/aromatic N) is 2. The summed E-state index contributed by atoms with van der Waals surface area (Å²) in [6.45, 7) is 9.63. The second-order valence-corrected chi connectivity index (χ2v) is 6.73. The van der Waals surface area contributed by atoms with Gasteiger partial charge in [0.1, 0.15) is 0 Å². The average molecular weight is 316 g/mol. The molecule has 2 rings (SSSR count). The third-order valence-electron chi connectivity index (χ3n) is 3.44. The number of rotatable bonds is 4. The van der Waals surface area contributed by atoms with Crippen LogP contribution in [-0.2, 0) is 0 Å². The number of hydrogen-bond donors (Lipinski definition) is 2. The summed E-state index contributed by atoms with van der Waals surface area (Å²) < 4.78 is 1.65. The van der Waals surface area contributed by atoms with E-state index in [0.29, 0.717) is 5.52 Å². The van der Waals surface area contributed by atoms with Crippen LogP contribution in [0.3, 0.4) is 0 Å². The maximum atomic E-state index is 12.5. The largest absolute Gasteiger partial charge is 0.348 e. The van der Waals surface area contributed by atoms with Crippen molar-refractivity contribution in [3.8, 4) is 0 Å². The van der Waals surface area contributed by atoms with Gasteiger partial charge >= 0.3 is 0 Å². The minimum atomic E-state index is -0.378. The fourth-order valence-corrected chi connectivity index (χ4v) is 2.16. The first-order valence-corrected chi connectivity index (χ1v) is 7.83. The molecule has 0 saturated heterocycles. The van der Waals surface area contributed by atoms with Crippen LogP contribution in [0.25, 0.3) is 5.52 Å². The molecule has 0 fully saturated rings. The lowest BCUT2D eigenvalue weighted by atomic mass is 10.1. The van der Waals surface area contributed by atoms with Crippen molar-refractivity contribution in [2.45, 2.75) is 52.6 Å². The number of carbonyl (C=O) groups is 2. The Morgan fingerprint density at radius 3 is 2.57 bits per heavy atom. The van der Waals surface area contributed by atoms with E-state index >= 15 is 0 Å². The van der Waals surface area contributed by atoms with Crippen molar-refractivity contribution in [1.29, 1.82) is 0 Å². The van der Waals surface area contributed by atoms with Gasteiger partial charge in [-0.1, -0.05) is 13.0 Å². The Kier molecular flexibility index (Phi) is 4.73. The van der Waals surface area contributed by atoms with Crippen LogP contribution in [0, 0.1) is 0 Å². The molecule has 23 heavy (non-hydrogen) atoms. The predicted octanol–water partition coefficient (Wildman–Crippen LogP) is 2.39. The number of amides is 2. The second-order valence-electron chi connectivity index (χ2n) is 6.73. The van der Waals surface area contributed by atoms with Crippen molar-refractivity contribution in [1.82, 2.24) is 20.0 Å². The van der Waals surface area contributed by atoms with Crippen molar-refractivity contribution >= 4 is 17.3 Å². The van der Waals surface area contributed by atoms with Gasteiger partial charge in [0.15, 0.2) is 5.69 Å². The highest BCUT2D eigenvalue weighted by Crippen LogP contribution is 2.14. The van der Waals surface area contributed by atoms with Gasteiger partial charge in [-0.3, -0.25) is 14.0 Å². The molecule has 0 aliphatic rings. The fourth-order valence-electron chi connectivity index (χ4n) is 2.16. The number of pyridine rings is 1. The van der Waals surface area contributed by atoms with Gasteiger partial charge in [0.05, 0.1) is 5.52 Å². The van der Waals surface area contributed by atoms with Gasteiger partial charge in [-0.25, -0.2) is 4.98 Å². The van der Waals surface area contributed by atoms with Gasteiger partial charge in [0.25, 0.3) is 11.8 Å². The van der Waals surface area contributed by atoms with Gasteiger partial charge in [-0.05, 0) is 46.2 Å². The number of carbonyl (C=O) groups excluding carboxylic acids is 2. The number of imidazole rings is 1. The Bertz CT molecular complexity index is 728. The van der Waals surface area contributed by atoms with E-state index in [1.807, 2.05) is 40.7 Å². The van der Waals surface area contributed by atoms with E-state index in [1.165, 1.54) is 0 Å². The van der Waals surface area contributed by atoms with Gasteiger partial charge < -0.3 is 10.6 Å². The number of fused-ring (bicyclic) bond motifs is 1. The van der Waals surface area contributed by atoms with Crippen molar-refractivity contribution in [2.24, 2.45) is 0 Å². The van der Waals surface area contributed by atoms with E-state index in [4.69, 9.17) is 0 Å². The lowest BCUT2D eigenvalue weighted by molar-refractivity contribution is 0.0908. The van der Waals surface area contributed by atoms with Gasteiger partial charge in [-0.15, -0.1) is 0 Å². The van der Waals surface area contributed by atoms with Crippen LogP contribution in [0.5, 0.6) is 0 Å². The summed E-state index contributed by atoms with van der Waals surface area (Å²) in [5.74, 6) is -0.357. The summed E-state index contributed by atoms with van der Waals surface area (Å²) in [4.78, 5) is 29.2. The third-order valence-corrected chi connectivity index (χ3v) is 3.44. The van der Waals surface area contributed by atoms with Crippen LogP contribution in [0.2, 0.25) is 0 Å². The van der Waals surface area contributed by atoms with Gasteiger partial charge in [0.2, 0.25) is 5.82 Å². The van der Waals surface area contributed by atoms with Crippen molar-refractivity contribution in [3.05, 3.63) is 35.9 Å². The van der Waals surface area contributed by atoms with Crippen molar-refractivity contribution < 1.29 is 9.59 Å². The van der Waals surface area contributed by atoms with Crippen LogP contribution in [-0.4, -0.2) is 32.8 Å². The van der Waals surface area contributed by atoms with Crippen LogP contribution >= 0.6 is 0 Å². The highest BCUT2D eigenvalue weighted by molar-refractivity contribution is 6.02. The highest BCUT2D eigenvalue weighted by atomic mass is 16.2. The van der Waals surface area contributed by atoms with E-state index in [2.05, 4.69) is 15.6 Å². The summed E-state index contributed by atoms with van der Waals surface area (Å²) in [7, 11) is 0. The molecule has 0 aliphatic carbocycles. The molecule has 2 aromatic heterocycles. The lowest BCUT2D eigenvalue weighted by Crippen LogP contribution is -2.41. The van der Waals surface area contributed by atoms with Crippen LogP contribution in [0.15, 0.2) is 24.4 Å². The Labute approximate surface area is 136 Å². The minimum absolute atomic E-state index is 0.0508. The fraction of sp³-hybridized carbons (Fsp3) is 0.471. The molecule has 2 amide bonds. The Hall–Kier alpha value is -2.37. The molecule has 0 radical (unpaired) electrons. The predicted molar refractivity (Wildman–Crippen MR) is 89.6 cm³/mol. The summed E-state index contributed by atoms with van der Waals surface area (Å²) >= 11 is 0. The molecule has 0 bridgehead atoms. The van der Waals surface area contributed by atoms with Crippen LogP contribution in [0.4, 0.5) is 0 Å². The topological polar surface area (TPSA) is 75.5 Å². The highest BCUT2D eigenvalue weighted by Gasteiger charge is 2.24. The zero-order valence-corrected chi connectivity index (χ0v) is 14.3. The SMILES string of the molecule is CCC(C)NC(=O)c1nc(C(=O)NC(C)(C)C)n2ccccc12. The Morgan fingerprint density at radius 1 is 1.26 bits per heavy atom. The zero-order chi connectivity index (χ0) is 17.2. The number of nitrogens with one attached hydrogen (secondary N) is 2. The van der Waals surface area contributed by atoms with Gasteiger partial charge in [-0.2, -0.15) is 0 Å².